The highest BCUT2D eigenvalue weighted by Gasteiger charge is 2.39. The normalized spacial score (nSPS) is 33.7. The molecule has 10 atom stereocenters. The van der Waals surface area contributed by atoms with Crippen LogP contribution in [0.4, 0.5) is 0 Å². The van der Waals surface area contributed by atoms with Gasteiger partial charge in [-0.3, -0.25) is 0 Å². The van der Waals surface area contributed by atoms with Crippen molar-refractivity contribution in [3.63, 3.8) is 0 Å². The highest BCUT2D eigenvalue weighted by Crippen LogP contribution is 2.48. The van der Waals surface area contributed by atoms with Gasteiger partial charge in [0.15, 0.2) is 0 Å². The van der Waals surface area contributed by atoms with Crippen molar-refractivity contribution in [3.05, 3.63) is 47.6 Å². The van der Waals surface area contributed by atoms with Crippen LogP contribution in [0.5, 0.6) is 0 Å². The molecule has 1 nitrogen and oxygen atoms in total. The summed E-state index contributed by atoms with van der Waals surface area (Å²) in [5, 5.41) is 11.1. The van der Waals surface area contributed by atoms with Crippen LogP contribution in [0.25, 0.3) is 0 Å². The largest absolute Gasteiger partial charge is 0.393 e. The van der Waals surface area contributed by atoms with Gasteiger partial charge in [-0.15, -0.1) is 0 Å². The summed E-state index contributed by atoms with van der Waals surface area (Å²) in [6.45, 7) is 12.1. The molecule has 4 aliphatic rings. The molecule has 0 aromatic heterocycles. The number of hydrogen-bond donors (Lipinski definition) is 1. The first kappa shape index (κ1) is 30.6. The van der Waals surface area contributed by atoms with Crippen LogP contribution in [0.15, 0.2) is 47.6 Å². The number of aliphatic hydroxyl groups excluding tert-OH is 1. The van der Waals surface area contributed by atoms with Crippen molar-refractivity contribution in [2.24, 2.45) is 53.3 Å². The molecule has 0 spiro atoms. The Balaban J connectivity index is 1.29. The molecule has 2 heteroatoms. The summed E-state index contributed by atoms with van der Waals surface area (Å²) in [4.78, 5) is 0. The van der Waals surface area contributed by atoms with E-state index < -0.39 is 0 Å². The first-order chi connectivity index (χ1) is 18.3. The lowest BCUT2D eigenvalue weighted by Crippen LogP contribution is -2.29. The quantitative estimate of drug-likeness (QED) is 0.129. The number of alkyl halides is 1. The molecule has 8 unspecified atom stereocenters. The molecule has 4 aliphatic carbocycles. The molecule has 1 N–H and O–H groups in total. The van der Waals surface area contributed by atoms with Crippen molar-refractivity contribution in [3.8, 4) is 0 Å². The Labute approximate surface area is 249 Å². The lowest BCUT2D eigenvalue weighted by atomic mass is 9.71. The number of fused-ring (bicyclic) bond motifs is 1. The van der Waals surface area contributed by atoms with Crippen molar-refractivity contribution >= 4 is 22.6 Å². The van der Waals surface area contributed by atoms with Crippen LogP contribution >= 0.6 is 22.6 Å². The molecule has 0 aromatic rings. The molecule has 0 aliphatic heterocycles. The molecule has 0 aromatic carbocycles. The maximum absolute atomic E-state index is 11.1. The number of allylic oxidation sites excluding steroid dienone is 7. The van der Waals surface area contributed by atoms with Crippen molar-refractivity contribution < 1.29 is 5.11 Å². The molecule has 1 fully saturated rings. The van der Waals surface area contributed by atoms with E-state index in [0.29, 0.717) is 33.5 Å². The van der Waals surface area contributed by atoms with Crippen LogP contribution in [-0.4, -0.2) is 15.1 Å². The Morgan fingerprint density at radius 2 is 1.74 bits per heavy atom. The van der Waals surface area contributed by atoms with Crippen molar-refractivity contribution in [1.29, 1.82) is 0 Å². The fourth-order valence-corrected chi connectivity index (χ4v) is 10.00. The Morgan fingerprint density at radius 1 is 0.974 bits per heavy atom. The van der Waals surface area contributed by atoms with Gasteiger partial charge in [-0.05, 0) is 85.0 Å². The van der Waals surface area contributed by atoms with Gasteiger partial charge in [0.1, 0.15) is 0 Å². The van der Waals surface area contributed by atoms with Gasteiger partial charge in [0.25, 0.3) is 0 Å². The number of rotatable bonds is 12. The van der Waals surface area contributed by atoms with Gasteiger partial charge in [0.05, 0.1) is 6.10 Å². The zero-order chi connectivity index (χ0) is 27.2. The summed E-state index contributed by atoms with van der Waals surface area (Å²) in [6, 6.07) is 0. The molecule has 0 saturated heterocycles. The summed E-state index contributed by atoms with van der Waals surface area (Å²) in [6.07, 6.45) is 30.1. The second-order valence-corrected chi connectivity index (χ2v) is 15.1. The van der Waals surface area contributed by atoms with Crippen LogP contribution in [0.2, 0.25) is 0 Å². The van der Waals surface area contributed by atoms with E-state index in [9.17, 15) is 5.11 Å². The Bertz CT molecular complexity index is 861. The summed E-state index contributed by atoms with van der Waals surface area (Å²) < 4.78 is 0.507. The number of halogens is 1. The minimum absolute atomic E-state index is 0.212. The van der Waals surface area contributed by atoms with Crippen molar-refractivity contribution in [2.45, 2.75) is 122 Å². The van der Waals surface area contributed by atoms with Gasteiger partial charge >= 0.3 is 0 Å². The van der Waals surface area contributed by atoms with Gasteiger partial charge < -0.3 is 5.11 Å². The zero-order valence-electron chi connectivity index (χ0n) is 25.1. The second kappa shape index (κ2) is 14.5. The number of hydrogen-bond acceptors (Lipinski definition) is 1. The van der Waals surface area contributed by atoms with Gasteiger partial charge in [0.2, 0.25) is 0 Å². The van der Waals surface area contributed by atoms with Gasteiger partial charge in [-0.2, -0.15) is 0 Å². The molecule has 0 bridgehead atoms. The molecular formula is C36H57IO. The van der Waals surface area contributed by atoms with Crippen LogP contribution < -0.4 is 0 Å². The molecule has 0 radical (unpaired) electrons. The lowest BCUT2D eigenvalue weighted by Gasteiger charge is -2.35. The van der Waals surface area contributed by atoms with E-state index in [0.717, 1.165) is 36.5 Å². The molecule has 4 rings (SSSR count). The summed E-state index contributed by atoms with van der Waals surface area (Å²) >= 11 is 2.67. The van der Waals surface area contributed by atoms with Crippen LogP contribution in [0.3, 0.4) is 0 Å². The predicted octanol–water partition coefficient (Wildman–Crippen LogP) is 10.5. The Morgan fingerprint density at radius 3 is 2.42 bits per heavy atom. The SMILES string of the molecule is CCC(C[C@@H](O)CC1=CC(I)C(C(C)C(C)C2=CC(C)C3CCC=CC23)C=C1)C[C@@H](CC)C1CCCCC1. The van der Waals surface area contributed by atoms with E-state index in [2.05, 4.69) is 93.7 Å². The van der Waals surface area contributed by atoms with E-state index in [1.165, 1.54) is 69.8 Å². The van der Waals surface area contributed by atoms with Crippen LogP contribution in [-0.2, 0) is 0 Å². The lowest BCUT2D eigenvalue weighted by molar-refractivity contribution is 0.121. The standard InChI is InChI=1S/C36H57IO/c1-6-27(20-29(7-2)30-13-9-8-10-14-30)21-31(38)22-28-17-18-33(36(37)23-28)25(4)26(5)35-19-24(3)32-15-11-12-16-34(32)35/h12,16-19,23-27,29-34,36,38H,6-11,13-15,20-22H2,1-5H3/t24?,25?,26?,27?,29-,31-,32?,33?,34?,36?/m1/s1. The zero-order valence-corrected chi connectivity index (χ0v) is 27.3. The Hall–Kier alpha value is -0.350. The molecule has 0 heterocycles. The molecule has 0 amide bonds. The molecular weight excluding hydrogens is 575 g/mol. The average molecular weight is 633 g/mol. The third-order valence-electron chi connectivity index (χ3n) is 11.3. The second-order valence-electron chi connectivity index (χ2n) is 13.7. The van der Waals surface area contributed by atoms with Gasteiger partial charge in [0, 0.05) is 9.84 Å². The van der Waals surface area contributed by atoms with Gasteiger partial charge in [-0.1, -0.05) is 144 Å². The van der Waals surface area contributed by atoms with Gasteiger partial charge in [-0.25, -0.2) is 0 Å². The average Bonchev–Trinajstić information content (AvgIpc) is 3.27. The maximum atomic E-state index is 11.1. The van der Waals surface area contributed by atoms with Crippen LogP contribution in [0, 0.1) is 53.3 Å². The van der Waals surface area contributed by atoms with E-state index in [1.54, 1.807) is 5.57 Å². The minimum Gasteiger partial charge on any atom is -0.393 e. The fourth-order valence-electron chi connectivity index (χ4n) is 8.64. The van der Waals surface area contributed by atoms with E-state index >= 15 is 0 Å². The molecule has 38 heavy (non-hydrogen) atoms. The van der Waals surface area contributed by atoms with Crippen LogP contribution in [0.1, 0.15) is 112 Å². The van der Waals surface area contributed by atoms with Crippen molar-refractivity contribution in [1.82, 2.24) is 0 Å². The predicted molar refractivity (Wildman–Crippen MR) is 173 cm³/mol. The summed E-state index contributed by atoms with van der Waals surface area (Å²) in [5.41, 5.74) is 3.06. The first-order valence-corrected chi connectivity index (χ1v) is 17.7. The fraction of sp³-hybridized carbons (Fsp3) is 0.778. The smallest absolute Gasteiger partial charge is 0.0583 e. The highest BCUT2D eigenvalue weighted by molar-refractivity contribution is 14.1. The Kier molecular flexibility index (Phi) is 11.7. The molecule has 1 saturated carbocycles. The third kappa shape index (κ3) is 7.48. The van der Waals surface area contributed by atoms with E-state index in [-0.39, 0.29) is 6.10 Å². The van der Waals surface area contributed by atoms with Crippen molar-refractivity contribution in [2.75, 3.05) is 0 Å². The third-order valence-corrected chi connectivity index (χ3v) is 12.5. The van der Waals surface area contributed by atoms with E-state index in [1.807, 2.05) is 0 Å². The summed E-state index contributed by atoms with van der Waals surface area (Å²) in [7, 11) is 0. The number of aliphatic hydroxyl groups is 1. The maximum Gasteiger partial charge on any atom is 0.0583 e. The monoisotopic (exact) mass is 632 g/mol. The molecule has 214 valence electrons. The summed E-state index contributed by atoms with van der Waals surface area (Å²) in [5.74, 6) is 6.50. The topological polar surface area (TPSA) is 20.2 Å². The van der Waals surface area contributed by atoms with E-state index in [4.69, 9.17) is 0 Å². The first-order valence-electron chi connectivity index (χ1n) is 16.4. The minimum atomic E-state index is -0.212. The highest BCUT2D eigenvalue weighted by atomic mass is 127.